The molecule has 3 nitrogen and oxygen atoms in total. The first kappa shape index (κ1) is 9.21. The molecule has 0 radical (unpaired) electrons. The van der Waals surface area contributed by atoms with Gasteiger partial charge in [0.1, 0.15) is 5.65 Å². The molecule has 2 heterocycles. The van der Waals surface area contributed by atoms with Crippen molar-refractivity contribution < 1.29 is 0 Å². The summed E-state index contributed by atoms with van der Waals surface area (Å²) in [7, 11) is 0. The van der Waals surface area contributed by atoms with Crippen LogP contribution in [0, 0.1) is 0 Å². The van der Waals surface area contributed by atoms with Gasteiger partial charge in [0, 0.05) is 18.4 Å². The van der Waals surface area contributed by atoms with E-state index in [9.17, 15) is 0 Å². The van der Waals surface area contributed by atoms with Crippen molar-refractivity contribution in [3.8, 4) is 0 Å². The van der Waals surface area contributed by atoms with E-state index in [-0.39, 0.29) is 0 Å². The molecule has 0 aliphatic heterocycles. The van der Waals surface area contributed by atoms with Crippen LogP contribution in [0.1, 0.15) is 24.7 Å². The third-order valence-electron chi connectivity index (χ3n) is 2.34. The lowest BCUT2D eigenvalue weighted by molar-refractivity contribution is 0.890. The molecule has 74 valence electrons. The van der Waals surface area contributed by atoms with Gasteiger partial charge in [0.15, 0.2) is 0 Å². The average Bonchev–Trinajstić information content (AvgIpc) is 2.60. The second-order valence-corrected chi connectivity index (χ2v) is 3.43. The van der Waals surface area contributed by atoms with E-state index in [1.54, 1.807) is 0 Å². The molecule has 2 N–H and O–H groups in total. The highest BCUT2D eigenvalue weighted by atomic mass is 15.0. The average molecular weight is 189 g/mol. The van der Waals surface area contributed by atoms with Gasteiger partial charge in [0.2, 0.25) is 0 Å². The van der Waals surface area contributed by atoms with Gasteiger partial charge >= 0.3 is 0 Å². The number of fused-ring (bicyclic) bond motifs is 1. The lowest BCUT2D eigenvalue weighted by Gasteiger charge is -1.99. The molecule has 0 aromatic carbocycles. The van der Waals surface area contributed by atoms with Crippen molar-refractivity contribution in [3.05, 3.63) is 35.8 Å². The fraction of sp³-hybridized carbons (Fsp3) is 0.364. The van der Waals surface area contributed by atoms with Crippen molar-refractivity contribution >= 4 is 5.65 Å². The Morgan fingerprint density at radius 2 is 2.29 bits per heavy atom. The summed E-state index contributed by atoms with van der Waals surface area (Å²) in [5.74, 6) is 0. The number of hydrogen-bond donors (Lipinski definition) is 1. The molecular formula is C11H15N3. The SMILES string of the molecule is CCCc1cn2c(CN)cccc2n1. The molecule has 2 aromatic rings. The van der Waals surface area contributed by atoms with Gasteiger partial charge in [0.05, 0.1) is 5.69 Å². The van der Waals surface area contributed by atoms with Gasteiger partial charge in [-0.15, -0.1) is 0 Å². The summed E-state index contributed by atoms with van der Waals surface area (Å²) in [4.78, 5) is 4.52. The molecular weight excluding hydrogens is 174 g/mol. The number of aromatic nitrogens is 2. The molecule has 0 amide bonds. The van der Waals surface area contributed by atoms with Crippen molar-refractivity contribution in [1.29, 1.82) is 0 Å². The molecule has 0 bridgehead atoms. The Balaban J connectivity index is 2.52. The summed E-state index contributed by atoms with van der Waals surface area (Å²) in [6.07, 6.45) is 4.24. The van der Waals surface area contributed by atoms with Crippen LogP contribution in [0.3, 0.4) is 0 Å². The minimum Gasteiger partial charge on any atom is -0.325 e. The number of imidazole rings is 1. The smallest absolute Gasteiger partial charge is 0.137 e. The molecule has 0 saturated carbocycles. The molecule has 0 atom stereocenters. The second kappa shape index (κ2) is 3.80. The molecule has 0 saturated heterocycles. The van der Waals surface area contributed by atoms with E-state index in [4.69, 9.17) is 5.73 Å². The molecule has 14 heavy (non-hydrogen) atoms. The molecule has 0 fully saturated rings. The van der Waals surface area contributed by atoms with Crippen molar-refractivity contribution in [1.82, 2.24) is 9.38 Å². The van der Waals surface area contributed by atoms with Crippen LogP contribution in [0.15, 0.2) is 24.4 Å². The van der Waals surface area contributed by atoms with E-state index in [1.807, 2.05) is 18.2 Å². The Kier molecular flexibility index (Phi) is 2.50. The first-order chi connectivity index (χ1) is 6.85. The predicted octanol–water partition coefficient (Wildman–Crippen LogP) is 1.75. The molecule has 0 aliphatic carbocycles. The lowest BCUT2D eigenvalue weighted by atomic mass is 10.3. The van der Waals surface area contributed by atoms with Crippen LogP contribution in [0.2, 0.25) is 0 Å². The molecule has 0 unspecified atom stereocenters. The van der Waals surface area contributed by atoms with Gasteiger partial charge in [-0.2, -0.15) is 0 Å². The quantitative estimate of drug-likeness (QED) is 0.799. The van der Waals surface area contributed by atoms with E-state index in [0.717, 1.165) is 29.9 Å². The van der Waals surface area contributed by atoms with Crippen LogP contribution in [0.25, 0.3) is 5.65 Å². The monoisotopic (exact) mass is 189 g/mol. The number of nitrogens with two attached hydrogens (primary N) is 1. The zero-order valence-corrected chi connectivity index (χ0v) is 8.40. The maximum atomic E-state index is 5.65. The maximum Gasteiger partial charge on any atom is 0.137 e. The van der Waals surface area contributed by atoms with Crippen LogP contribution in [-0.4, -0.2) is 9.38 Å². The van der Waals surface area contributed by atoms with Crippen LogP contribution in [0.4, 0.5) is 0 Å². The molecule has 0 spiro atoms. The minimum absolute atomic E-state index is 0.555. The number of nitrogens with zero attached hydrogens (tertiary/aromatic N) is 2. The number of hydrogen-bond acceptors (Lipinski definition) is 2. The summed E-state index contributed by atoms with van der Waals surface area (Å²) < 4.78 is 2.07. The molecule has 2 aromatic heterocycles. The fourth-order valence-electron chi connectivity index (χ4n) is 1.66. The zero-order valence-electron chi connectivity index (χ0n) is 8.40. The Hall–Kier alpha value is -1.35. The number of aryl methyl sites for hydroxylation is 1. The van der Waals surface area contributed by atoms with Crippen molar-refractivity contribution in [2.24, 2.45) is 5.73 Å². The van der Waals surface area contributed by atoms with E-state index >= 15 is 0 Å². The van der Waals surface area contributed by atoms with Crippen molar-refractivity contribution in [3.63, 3.8) is 0 Å². The second-order valence-electron chi connectivity index (χ2n) is 3.43. The van der Waals surface area contributed by atoms with Gasteiger partial charge in [-0.1, -0.05) is 19.4 Å². The Morgan fingerprint density at radius 1 is 1.43 bits per heavy atom. The van der Waals surface area contributed by atoms with Gasteiger partial charge < -0.3 is 10.1 Å². The van der Waals surface area contributed by atoms with Crippen molar-refractivity contribution in [2.75, 3.05) is 0 Å². The third kappa shape index (κ3) is 1.51. The van der Waals surface area contributed by atoms with Crippen LogP contribution in [0.5, 0.6) is 0 Å². The molecule has 2 rings (SSSR count). The standard InChI is InChI=1S/C11H15N3/c1-2-4-9-8-14-10(7-12)5-3-6-11(14)13-9/h3,5-6,8H,2,4,7,12H2,1H3. The normalized spacial score (nSPS) is 11.0. The van der Waals surface area contributed by atoms with E-state index in [2.05, 4.69) is 22.5 Å². The zero-order chi connectivity index (χ0) is 9.97. The van der Waals surface area contributed by atoms with Gasteiger partial charge in [-0.05, 0) is 18.6 Å². The van der Waals surface area contributed by atoms with E-state index < -0.39 is 0 Å². The predicted molar refractivity (Wildman–Crippen MR) is 57.1 cm³/mol. The van der Waals surface area contributed by atoms with Crippen LogP contribution in [-0.2, 0) is 13.0 Å². The van der Waals surface area contributed by atoms with E-state index in [1.165, 1.54) is 0 Å². The van der Waals surface area contributed by atoms with Gasteiger partial charge in [-0.3, -0.25) is 0 Å². The molecule has 0 aliphatic rings. The summed E-state index contributed by atoms with van der Waals surface area (Å²) in [6.45, 7) is 2.72. The fourth-order valence-corrected chi connectivity index (χ4v) is 1.66. The number of pyridine rings is 1. The Labute approximate surface area is 83.6 Å². The Morgan fingerprint density at radius 3 is 3.00 bits per heavy atom. The van der Waals surface area contributed by atoms with Crippen LogP contribution < -0.4 is 5.73 Å². The summed E-state index contributed by atoms with van der Waals surface area (Å²) in [5.41, 5.74) is 8.90. The Bertz CT molecular complexity index is 431. The minimum atomic E-state index is 0.555. The maximum absolute atomic E-state index is 5.65. The highest BCUT2D eigenvalue weighted by Gasteiger charge is 2.02. The van der Waals surface area contributed by atoms with Crippen molar-refractivity contribution in [2.45, 2.75) is 26.3 Å². The third-order valence-corrected chi connectivity index (χ3v) is 2.34. The van der Waals surface area contributed by atoms with Gasteiger partial charge in [-0.25, -0.2) is 4.98 Å². The highest BCUT2D eigenvalue weighted by Crippen LogP contribution is 2.09. The summed E-state index contributed by atoms with van der Waals surface area (Å²) in [6, 6.07) is 6.04. The largest absolute Gasteiger partial charge is 0.325 e. The molecule has 3 heteroatoms. The topological polar surface area (TPSA) is 43.3 Å². The summed E-state index contributed by atoms with van der Waals surface area (Å²) >= 11 is 0. The van der Waals surface area contributed by atoms with Crippen LogP contribution >= 0.6 is 0 Å². The lowest BCUT2D eigenvalue weighted by Crippen LogP contribution is -2.02. The number of rotatable bonds is 3. The first-order valence-electron chi connectivity index (χ1n) is 5.01. The summed E-state index contributed by atoms with van der Waals surface area (Å²) in [5, 5.41) is 0. The first-order valence-corrected chi connectivity index (χ1v) is 5.01. The highest BCUT2D eigenvalue weighted by molar-refractivity contribution is 5.41. The van der Waals surface area contributed by atoms with E-state index in [0.29, 0.717) is 6.54 Å². The van der Waals surface area contributed by atoms with Gasteiger partial charge in [0.25, 0.3) is 0 Å².